The van der Waals surface area contributed by atoms with Crippen molar-refractivity contribution in [3.8, 4) is 5.82 Å². The van der Waals surface area contributed by atoms with Gasteiger partial charge in [-0.1, -0.05) is 11.6 Å². The Hall–Kier alpha value is -3.39. The number of fused-ring (bicyclic) bond motifs is 1. The Balaban J connectivity index is 1.25. The van der Waals surface area contributed by atoms with Gasteiger partial charge in [0.15, 0.2) is 17.3 Å². The Morgan fingerprint density at radius 2 is 2.03 bits per heavy atom. The fourth-order valence-corrected chi connectivity index (χ4v) is 3.85. The van der Waals surface area contributed by atoms with E-state index in [0.717, 1.165) is 23.9 Å². The summed E-state index contributed by atoms with van der Waals surface area (Å²) in [4.78, 5) is 23.5. The summed E-state index contributed by atoms with van der Waals surface area (Å²) in [7, 11) is 0. The molecule has 0 spiro atoms. The van der Waals surface area contributed by atoms with E-state index in [1.165, 1.54) is 0 Å². The molecule has 1 aliphatic heterocycles. The van der Waals surface area contributed by atoms with Gasteiger partial charge < -0.3 is 14.6 Å². The smallest absolute Gasteiger partial charge is 0.321 e. The van der Waals surface area contributed by atoms with Gasteiger partial charge in [0.1, 0.15) is 5.52 Å². The van der Waals surface area contributed by atoms with E-state index in [-0.39, 0.29) is 11.9 Å². The van der Waals surface area contributed by atoms with Gasteiger partial charge in [-0.05, 0) is 49.2 Å². The average Bonchev–Trinajstić information content (AvgIpc) is 3.44. The molecule has 3 aromatic heterocycles. The Bertz CT molecular complexity index is 1180. The van der Waals surface area contributed by atoms with Gasteiger partial charge in [-0.25, -0.2) is 19.4 Å². The number of carbonyl (C=O) groups is 1. The fraction of sp³-hybridized carbons (Fsp3) is 0.238. The minimum atomic E-state index is -0.154. The third-order valence-corrected chi connectivity index (χ3v) is 5.48. The molecule has 0 atom stereocenters. The van der Waals surface area contributed by atoms with Crippen LogP contribution in [0.3, 0.4) is 0 Å². The monoisotopic (exact) mass is 422 g/mol. The van der Waals surface area contributed by atoms with Crippen molar-refractivity contribution in [3.63, 3.8) is 0 Å². The number of pyridine rings is 1. The molecule has 1 saturated heterocycles. The lowest BCUT2D eigenvalue weighted by Crippen LogP contribution is -2.40. The van der Waals surface area contributed by atoms with Crippen LogP contribution in [0.5, 0.6) is 0 Å². The van der Waals surface area contributed by atoms with Gasteiger partial charge in [0.05, 0.1) is 5.69 Å². The van der Waals surface area contributed by atoms with Crippen LogP contribution < -0.4 is 5.32 Å². The molecular weight excluding hydrogens is 404 g/mol. The number of rotatable bonds is 3. The molecule has 30 heavy (non-hydrogen) atoms. The lowest BCUT2D eigenvalue weighted by molar-refractivity contribution is 0.190. The van der Waals surface area contributed by atoms with Crippen molar-refractivity contribution >= 4 is 34.4 Å². The number of halogens is 1. The Morgan fingerprint density at radius 3 is 2.83 bits per heavy atom. The number of oxazole rings is 1. The molecule has 9 heteroatoms. The molecule has 0 unspecified atom stereocenters. The molecule has 5 rings (SSSR count). The molecule has 4 aromatic rings. The summed E-state index contributed by atoms with van der Waals surface area (Å²) in [5, 5.41) is 7.80. The third kappa shape index (κ3) is 3.61. The van der Waals surface area contributed by atoms with Crippen molar-refractivity contribution in [2.75, 3.05) is 18.4 Å². The van der Waals surface area contributed by atoms with E-state index >= 15 is 0 Å². The van der Waals surface area contributed by atoms with E-state index in [1.807, 2.05) is 18.2 Å². The highest BCUT2D eigenvalue weighted by molar-refractivity contribution is 6.31. The van der Waals surface area contributed by atoms with Gasteiger partial charge >= 0.3 is 6.03 Å². The number of likely N-dealkylation sites (tertiary alicyclic amines) is 1. The van der Waals surface area contributed by atoms with E-state index in [9.17, 15) is 4.79 Å². The first kappa shape index (κ1) is 18.6. The van der Waals surface area contributed by atoms with Crippen LogP contribution in [-0.4, -0.2) is 43.8 Å². The number of amides is 2. The molecular formula is C21H19ClN6O2. The number of piperidine rings is 1. The van der Waals surface area contributed by atoms with Crippen LogP contribution in [0.25, 0.3) is 16.9 Å². The van der Waals surface area contributed by atoms with Crippen molar-refractivity contribution < 1.29 is 9.21 Å². The van der Waals surface area contributed by atoms with E-state index in [1.54, 1.807) is 46.4 Å². The fourth-order valence-electron chi connectivity index (χ4n) is 3.69. The Morgan fingerprint density at radius 1 is 1.17 bits per heavy atom. The second kappa shape index (κ2) is 7.79. The minimum absolute atomic E-state index is 0.154. The van der Waals surface area contributed by atoms with E-state index in [0.29, 0.717) is 35.5 Å². The third-order valence-electron chi connectivity index (χ3n) is 5.25. The quantitative estimate of drug-likeness (QED) is 0.526. The van der Waals surface area contributed by atoms with Crippen molar-refractivity contribution in [3.05, 3.63) is 65.9 Å². The van der Waals surface area contributed by atoms with Crippen molar-refractivity contribution in [2.24, 2.45) is 0 Å². The first-order valence-electron chi connectivity index (χ1n) is 9.74. The van der Waals surface area contributed by atoms with Crippen LogP contribution in [0.15, 0.2) is 59.4 Å². The zero-order valence-electron chi connectivity index (χ0n) is 16.0. The number of hydrogen-bond acceptors (Lipinski definition) is 5. The van der Waals surface area contributed by atoms with Crippen LogP contribution >= 0.6 is 11.6 Å². The molecule has 0 saturated carbocycles. The molecule has 0 bridgehead atoms. The molecule has 2 amide bonds. The lowest BCUT2D eigenvalue weighted by Gasteiger charge is -2.30. The summed E-state index contributed by atoms with van der Waals surface area (Å²) >= 11 is 6.04. The Kier molecular flexibility index (Phi) is 4.84. The van der Waals surface area contributed by atoms with Gasteiger partial charge in [-0.15, -0.1) is 0 Å². The molecule has 152 valence electrons. The number of anilines is 1. The molecule has 8 nitrogen and oxygen atoms in total. The SMILES string of the molecule is O=C(Nc1cccnc1-n1cccn1)N1CCC(c2nc3cc(Cl)ccc3o2)CC1. The number of nitrogens with one attached hydrogen (secondary N) is 1. The maximum absolute atomic E-state index is 12.8. The van der Waals surface area contributed by atoms with Crippen molar-refractivity contribution in [2.45, 2.75) is 18.8 Å². The van der Waals surface area contributed by atoms with Crippen molar-refractivity contribution in [1.82, 2.24) is 24.6 Å². The summed E-state index contributed by atoms with van der Waals surface area (Å²) < 4.78 is 7.53. The van der Waals surface area contributed by atoms with Gasteiger partial charge in [0.25, 0.3) is 0 Å². The maximum atomic E-state index is 12.8. The molecule has 4 heterocycles. The first-order chi connectivity index (χ1) is 14.7. The van der Waals surface area contributed by atoms with Crippen LogP contribution in [0.1, 0.15) is 24.7 Å². The average molecular weight is 423 g/mol. The van der Waals surface area contributed by atoms with Crippen molar-refractivity contribution in [1.29, 1.82) is 0 Å². The predicted molar refractivity (Wildman–Crippen MR) is 113 cm³/mol. The summed E-state index contributed by atoms with van der Waals surface area (Å²) in [5.74, 6) is 1.47. The Labute approximate surface area is 177 Å². The molecule has 1 aromatic carbocycles. The van der Waals surface area contributed by atoms with Gasteiger partial charge in [-0.2, -0.15) is 5.10 Å². The second-order valence-corrected chi connectivity index (χ2v) is 7.62. The summed E-state index contributed by atoms with van der Waals surface area (Å²) in [6.07, 6.45) is 6.70. The van der Waals surface area contributed by atoms with Crippen LogP contribution in [0.4, 0.5) is 10.5 Å². The molecule has 1 aliphatic rings. The summed E-state index contributed by atoms with van der Waals surface area (Å²) in [5.41, 5.74) is 2.11. The van der Waals surface area contributed by atoms with Crippen LogP contribution in [0, 0.1) is 0 Å². The number of carbonyl (C=O) groups excluding carboxylic acids is 1. The first-order valence-corrected chi connectivity index (χ1v) is 10.1. The number of nitrogens with zero attached hydrogens (tertiary/aromatic N) is 5. The standard InChI is InChI=1S/C21H19ClN6O2/c22-15-4-5-18-17(13-15)25-20(30-18)14-6-11-27(12-7-14)21(29)26-16-3-1-8-23-19(16)28-10-2-9-24-28/h1-5,8-10,13-14H,6-7,11-12H2,(H,26,29). The topological polar surface area (TPSA) is 89.1 Å². The molecule has 0 radical (unpaired) electrons. The van der Waals surface area contributed by atoms with E-state index in [4.69, 9.17) is 16.0 Å². The number of benzene rings is 1. The molecule has 1 N–H and O–H groups in total. The number of urea groups is 1. The van der Waals surface area contributed by atoms with Crippen LogP contribution in [-0.2, 0) is 0 Å². The van der Waals surface area contributed by atoms with E-state index < -0.39 is 0 Å². The maximum Gasteiger partial charge on any atom is 0.321 e. The van der Waals surface area contributed by atoms with E-state index in [2.05, 4.69) is 20.4 Å². The van der Waals surface area contributed by atoms with Crippen LogP contribution in [0.2, 0.25) is 5.02 Å². The van der Waals surface area contributed by atoms with Gasteiger partial charge in [-0.3, -0.25) is 0 Å². The number of hydrogen-bond donors (Lipinski definition) is 1. The largest absolute Gasteiger partial charge is 0.440 e. The lowest BCUT2D eigenvalue weighted by atomic mass is 9.97. The highest BCUT2D eigenvalue weighted by Crippen LogP contribution is 2.31. The number of aromatic nitrogens is 4. The zero-order chi connectivity index (χ0) is 20.5. The minimum Gasteiger partial charge on any atom is -0.440 e. The zero-order valence-corrected chi connectivity index (χ0v) is 16.8. The van der Waals surface area contributed by atoms with Gasteiger partial charge in [0, 0.05) is 42.6 Å². The summed E-state index contributed by atoms with van der Waals surface area (Å²) in [6.45, 7) is 1.24. The summed E-state index contributed by atoms with van der Waals surface area (Å²) in [6, 6.07) is 10.7. The second-order valence-electron chi connectivity index (χ2n) is 7.18. The normalized spacial score (nSPS) is 14.9. The highest BCUT2D eigenvalue weighted by Gasteiger charge is 2.27. The molecule has 1 fully saturated rings. The highest BCUT2D eigenvalue weighted by atomic mass is 35.5. The molecule has 0 aliphatic carbocycles. The predicted octanol–water partition coefficient (Wildman–Crippen LogP) is 4.47. The van der Waals surface area contributed by atoms with Gasteiger partial charge in [0.2, 0.25) is 0 Å².